The highest BCUT2D eigenvalue weighted by atomic mass is 15.3. The lowest BCUT2D eigenvalue weighted by atomic mass is 10.1. The van der Waals surface area contributed by atoms with Crippen molar-refractivity contribution >= 4 is 16.6 Å². The van der Waals surface area contributed by atoms with Crippen molar-refractivity contribution < 1.29 is 0 Å². The molecule has 0 bridgehead atoms. The summed E-state index contributed by atoms with van der Waals surface area (Å²) in [6, 6.07) is 11.0. The van der Waals surface area contributed by atoms with Crippen LogP contribution in [0.25, 0.3) is 22.2 Å². The molecule has 6 heteroatoms. The number of benzene rings is 1. The number of pyridine rings is 1. The quantitative estimate of drug-likeness (QED) is 0.617. The molecule has 2 aromatic heterocycles. The van der Waals surface area contributed by atoms with Crippen LogP contribution in [0.15, 0.2) is 42.7 Å². The lowest BCUT2D eigenvalue weighted by molar-refractivity contribution is 0.212. The first-order valence-electron chi connectivity index (χ1n) is 10.3. The molecule has 2 N–H and O–H groups in total. The fraction of sp³-hybridized carbons (Fsp3) is 0.455. The predicted molar refractivity (Wildman–Crippen MR) is 116 cm³/mol. The van der Waals surface area contributed by atoms with Gasteiger partial charge in [0.1, 0.15) is 0 Å². The molecule has 1 aliphatic heterocycles. The standard InChI is InChI=1S/C22H30N6/c1-23-10-5-11-24-22-14-21(26-20-7-4-3-6-19(20)22)17-15-25-28(16-17)18-8-12-27(2)13-9-18/h3-4,6-7,14-16,18,23H,5,8-13H2,1-2H3,(H,24,26). The van der Waals surface area contributed by atoms with Crippen LogP contribution >= 0.6 is 0 Å². The Hall–Kier alpha value is -2.44. The normalized spacial score (nSPS) is 15.9. The molecule has 1 aromatic carbocycles. The predicted octanol–water partition coefficient (Wildman–Crippen LogP) is 3.39. The van der Waals surface area contributed by atoms with E-state index in [-0.39, 0.29) is 0 Å². The minimum Gasteiger partial charge on any atom is -0.384 e. The molecular weight excluding hydrogens is 348 g/mol. The highest BCUT2D eigenvalue weighted by Crippen LogP contribution is 2.29. The summed E-state index contributed by atoms with van der Waals surface area (Å²) in [4.78, 5) is 7.29. The second-order valence-corrected chi connectivity index (χ2v) is 7.70. The van der Waals surface area contributed by atoms with Crippen molar-refractivity contribution in [3.63, 3.8) is 0 Å². The number of nitrogens with one attached hydrogen (secondary N) is 2. The number of fused-ring (bicyclic) bond motifs is 1. The van der Waals surface area contributed by atoms with Crippen molar-refractivity contribution in [3.8, 4) is 11.3 Å². The maximum atomic E-state index is 4.91. The molecule has 3 heterocycles. The third kappa shape index (κ3) is 4.18. The van der Waals surface area contributed by atoms with Crippen molar-refractivity contribution in [2.45, 2.75) is 25.3 Å². The molecular formula is C22H30N6. The summed E-state index contributed by atoms with van der Waals surface area (Å²) in [6.07, 6.45) is 7.51. The Balaban J connectivity index is 1.60. The van der Waals surface area contributed by atoms with Crippen LogP contribution in [0, 0.1) is 0 Å². The lowest BCUT2D eigenvalue weighted by Gasteiger charge is -2.28. The average Bonchev–Trinajstić information content (AvgIpc) is 3.22. The number of piperidine rings is 1. The zero-order chi connectivity index (χ0) is 19.3. The van der Waals surface area contributed by atoms with Gasteiger partial charge in [0.2, 0.25) is 0 Å². The van der Waals surface area contributed by atoms with Crippen LogP contribution in [0.2, 0.25) is 0 Å². The number of likely N-dealkylation sites (tertiary alicyclic amines) is 1. The van der Waals surface area contributed by atoms with Crippen molar-refractivity contribution in [1.29, 1.82) is 0 Å². The molecule has 0 spiro atoms. The maximum absolute atomic E-state index is 4.91. The average molecular weight is 379 g/mol. The van der Waals surface area contributed by atoms with Crippen molar-refractivity contribution in [2.24, 2.45) is 0 Å². The van der Waals surface area contributed by atoms with Crippen LogP contribution in [-0.4, -0.2) is 59.9 Å². The van der Waals surface area contributed by atoms with Gasteiger partial charge in [-0.05, 0) is 65.1 Å². The van der Waals surface area contributed by atoms with Crippen LogP contribution < -0.4 is 10.6 Å². The van der Waals surface area contributed by atoms with Gasteiger partial charge in [-0.1, -0.05) is 18.2 Å². The number of hydrogen-bond donors (Lipinski definition) is 2. The van der Waals surface area contributed by atoms with Gasteiger partial charge in [0.25, 0.3) is 0 Å². The first kappa shape index (κ1) is 18.9. The van der Waals surface area contributed by atoms with E-state index in [2.05, 4.69) is 62.8 Å². The van der Waals surface area contributed by atoms with E-state index < -0.39 is 0 Å². The van der Waals surface area contributed by atoms with Gasteiger partial charge in [-0.25, -0.2) is 4.98 Å². The van der Waals surface area contributed by atoms with E-state index >= 15 is 0 Å². The fourth-order valence-electron chi connectivity index (χ4n) is 3.89. The number of anilines is 1. The maximum Gasteiger partial charge on any atom is 0.0761 e. The summed E-state index contributed by atoms with van der Waals surface area (Å²) in [6.45, 7) is 4.21. The number of hydrogen-bond acceptors (Lipinski definition) is 5. The first-order valence-corrected chi connectivity index (χ1v) is 10.3. The van der Waals surface area contributed by atoms with Gasteiger partial charge in [-0.2, -0.15) is 5.10 Å². The van der Waals surface area contributed by atoms with Crippen molar-refractivity contribution in [1.82, 2.24) is 25.0 Å². The Morgan fingerprint density at radius 2 is 1.96 bits per heavy atom. The Labute approximate surface area is 167 Å². The van der Waals surface area contributed by atoms with Crippen LogP contribution in [0.5, 0.6) is 0 Å². The molecule has 0 aliphatic carbocycles. The molecule has 1 aliphatic rings. The van der Waals surface area contributed by atoms with Gasteiger partial charge < -0.3 is 15.5 Å². The summed E-state index contributed by atoms with van der Waals surface area (Å²) in [5.74, 6) is 0. The van der Waals surface area contributed by atoms with Gasteiger partial charge in [0, 0.05) is 29.4 Å². The molecule has 0 atom stereocenters. The minimum absolute atomic E-state index is 0.490. The third-order valence-electron chi connectivity index (χ3n) is 5.59. The van der Waals surface area contributed by atoms with E-state index in [9.17, 15) is 0 Å². The van der Waals surface area contributed by atoms with E-state index in [1.807, 2.05) is 19.3 Å². The number of rotatable bonds is 7. The molecule has 6 nitrogen and oxygen atoms in total. The summed E-state index contributed by atoms with van der Waals surface area (Å²) in [5, 5.41) is 12.6. The van der Waals surface area contributed by atoms with Gasteiger partial charge in [-0.15, -0.1) is 0 Å². The molecule has 1 fully saturated rings. The lowest BCUT2D eigenvalue weighted by Crippen LogP contribution is -2.31. The molecule has 148 valence electrons. The monoisotopic (exact) mass is 378 g/mol. The van der Waals surface area contributed by atoms with Crippen molar-refractivity contribution in [3.05, 3.63) is 42.7 Å². The summed E-state index contributed by atoms with van der Waals surface area (Å²) in [7, 11) is 4.18. The Morgan fingerprint density at radius 3 is 2.79 bits per heavy atom. The summed E-state index contributed by atoms with van der Waals surface area (Å²) >= 11 is 0. The number of para-hydroxylation sites is 1. The Bertz CT molecular complexity index is 910. The van der Waals surface area contributed by atoms with E-state index in [0.717, 1.165) is 67.9 Å². The molecule has 0 radical (unpaired) electrons. The molecule has 3 aromatic rings. The molecule has 28 heavy (non-hydrogen) atoms. The van der Waals surface area contributed by atoms with Gasteiger partial charge in [-0.3, -0.25) is 4.68 Å². The summed E-state index contributed by atoms with van der Waals surface area (Å²) < 4.78 is 2.14. The third-order valence-corrected chi connectivity index (χ3v) is 5.59. The Morgan fingerprint density at radius 1 is 1.14 bits per heavy atom. The molecule has 4 rings (SSSR count). The fourth-order valence-corrected chi connectivity index (χ4v) is 3.89. The summed E-state index contributed by atoms with van der Waals surface area (Å²) in [5.41, 5.74) is 4.23. The zero-order valence-corrected chi connectivity index (χ0v) is 16.9. The first-order chi connectivity index (χ1) is 13.7. The van der Waals surface area contributed by atoms with E-state index in [0.29, 0.717) is 6.04 Å². The molecule has 0 unspecified atom stereocenters. The smallest absolute Gasteiger partial charge is 0.0761 e. The van der Waals surface area contributed by atoms with Crippen LogP contribution in [0.3, 0.4) is 0 Å². The van der Waals surface area contributed by atoms with Gasteiger partial charge in [0.05, 0.1) is 23.4 Å². The number of aromatic nitrogens is 3. The molecule has 0 amide bonds. The second-order valence-electron chi connectivity index (χ2n) is 7.70. The topological polar surface area (TPSA) is 58.0 Å². The highest BCUT2D eigenvalue weighted by Gasteiger charge is 2.19. The van der Waals surface area contributed by atoms with E-state index in [1.54, 1.807) is 0 Å². The zero-order valence-electron chi connectivity index (χ0n) is 16.9. The van der Waals surface area contributed by atoms with Gasteiger partial charge in [0.15, 0.2) is 0 Å². The largest absolute Gasteiger partial charge is 0.384 e. The van der Waals surface area contributed by atoms with Gasteiger partial charge >= 0.3 is 0 Å². The Kier molecular flexibility index (Phi) is 5.88. The van der Waals surface area contributed by atoms with Crippen LogP contribution in [0.1, 0.15) is 25.3 Å². The second kappa shape index (κ2) is 8.71. The SMILES string of the molecule is CNCCCNc1cc(-c2cnn(C3CCN(C)CC3)c2)nc2ccccc12. The van der Waals surface area contributed by atoms with E-state index in [4.69, 9.17) is 4.98 Å². The highest BCUT2D eigenvalue weighted by molar-refractivity contribution is 5.93. The van der Waals surface area contributed by atoms with Crippen molar-refractivity contribution in [2.75, 3.05) is 45.6 Å². The number of nitrogens with zero attached hydrogens (tertiary/aromatic N) is 4. The van der Waals surface area contributed by atoms with E-state index in [1.165, 1.54) is 5.39 Å². The van der Waals surface area contributed by atoms with Crippen LogP contribution in [-0.2, 0) is 0 Å². The minimum atomic E-state index is 0.490. The van der Waals surface area contributed by atoms with Crippen LogP contribution in [0.4, 0.5) is 5.69 Å². The molecule has 0 saturated carbocycles. The molecule has 1 saturated heterocycles.